The summed E-state index contributed by atoms with van der Waals surface area (Å²) in [4.78, 5) is 11.5. The second-order valence-electron chi connectivity index (χ2n) is 3.83. The van der Waals surface area contributed by atoms with Crippen LogP contribution in [-0.4, -0.2) is 29.7 Å². The zero-order chi connectivity index (χ0) is 13.0. The third kappa shape index (κ3) is 3.30. The predicted molar refractivity (Wildman–Crippen MR) is 71.1 cm³/mol. The van der Waals surface area contributed by atoms with Crippen LogP contribution >= 0.6 is 11.8 Å². The van der Waals surface area contributed by atoms with Gasteiger partial charge in [-0.1, -0.05) is 11.8 Å². The van der Waals surface area contributed by atoms with E-state index in [2.05, 4.69) is 10.6 Å². The summed E-state index contributed by atoms with van der Waals surface area (Å²) in [6.45, 7) is 3.05. The Labute approximate surface area is 110 Å². The van der Waals surface area contributed by atoms with Crippen LogP contribution in [0.4, 0.5) is 5.69 Å². The Morgan fingerprint density at radius 1 is 1.61 bits per heavy atom. The van der Waals surface area contributed by atoms with Gasteiger partial charge in [-0.3, -0.25) is 10.1 Å². The molecule has 1 heterocycles. The van der Waals surface area contributed by atoms with Crippen LogP contribution in [0.15, 0.2) is 23.1 Å². The lowest BCUT2D eigenvalue weighted by atomic mass is 10.3. The van der Waals surface area contributed by atoms with E-state index in [1.54, 1.807) is 11.8 Å². The Bertz CT molecular complexity index is 439. The van der Waals surface area contributed by atoms with E-state index in [-0.39, 0.29) is 11.9 Å². The van der Waals surface area contributed by atoms with Gasteiger partial charge in [0.15, 0.2) is 0 Å². The van der Waals surface area contributed by atoms with Gasteiger partial charge in [0.05, 0.1) is 18.7 Å². The van der Waals surface area contributed by atoms with Crippen molar-refractivity contribution < 1.29 is 14.6 Å². The molecule has 1 aromatic carbocycles. The molecular weight excluding hydrogens is 252 g/mol. The van der Waals surface area contributed by atoms with Gasteiger partial charge in [-0.05, 0) is 25.1 Å². The molecule has 5 nitrogen and oxygen atoms in total. The normalized spacial score (nSPS) is 17.1. The molecule has 0 aliphatic carbocycles. The van der Waals surface area contributed by atoms with Crippen LogP contribution in [0.3, 0.4) is 0 Å². The summed E-state index contributed by atoms with van der Waals surface area (Å²) < 4.78 is 5.44. The zero-order valence-electron chi connectivity index (χ0n) is 10.1. The van der Waals surface area contributed by atoms with E-state index in [1.165, 1.54) is 0 Å². The third-order valence-corrected chi connectivity index (χ3v) is 3.58. The van der Waals surface area contributed by atoms with Crippen LogP contribution in [0.5, 0.6) is 5.75 Å². The fourth-order valence-corrected chi connectivity index (χ4v) is 2.76. The number of rotatable bonds is 6. The summed E-state index contributed by atoms with van der Waals surface area (Å²) in [6.07, 6.45) is 0.124. The molecule has 0 radical (unpaired) electrons. The first-order chi connectivity index (χ1) is 8.69. The molecule has 6 heteroatoms. The molecule has 3 N–H and O–H groups in total. The molecule has 1 atom stereocenters. The second-order valence-corrected chi connectivity index (χ2v) is 4.98. The highest BCUT2D eigenvalue weighted by Gasteiger charge is 2.21. The number of thioether (sulfide) groups is 1. The molecule has 18 heavy (non-hydrogen) atoms. The third-order valence-electron chi connectivity index (χ3n) is 2.46. The Kier molecular flexibility index (Phi) is 4.33. The summed E-state index contributed by atoms with van der Waals surface area (Å²) >= 11 is 1.63. The highest BCUT2D eigenvalue weighted by atomic mass is 32.2. The molecule has 1 aromatic rings. The predicted octanol–water partition coefficient (Wildman–Crippen LogP) is 1.95. The maximum Gasteiger partial charge on any atom is 0.304 e. The van der Waals surface area contributed by atoms with Crippen molar-refractivity contribution in [2.75, 3.05) is 18.5 Å². The van der Waals surface area contributed by atoms with E-state index < -0.39 is 5.97 Å². The highest BCUT2D eigenvalue weighted by molar-refractivity contribution is 8.00. The van der Waals surface area contributed by atoms with Gasteiger partial charge in [-0.2, -0.15) is 0 Å². The largest absolute Gasteiger partial charge is 0.494 e. The number of benzene rings is 1. The quantitative estimate of drug-likeness (QED) is 0.732. The van der Waals surface area contributed by atoms with E-state index in [4.69, 9.17) is 9.84 Å². The number of carboxylic acids is 1. The number of anilines is 1. The Hall–Kier alpha value is -1.40. The van der Waals surface area contributed by atoms with Crippen LogP contribution in [0.1, 0.15) is 13.3 Å². The Morgan fingerprint density at radius 3 is 3.17 bits per heavy atom. The molecule has 1 aliphatic heterocycles. The van der Waals surface area contributed by atoms with Gasteiger partial charge < -0.3 is 15.2 Å². The molecule has 1 aliphatic rings. The number of hydrogen-bond acceptors (Lipinski definition) is 5. The fourth-order valence-electron chi connectivity index (χ4n) is 1.68. The minimum Gasteiger partial charge on any atom is -0.494 e. The van der Waals surface area contributed by atoms with Crippen molar-refractivity contribution >= 4 is 23.4 Å². The van der Waals surface area contributed by atoms with Crippen molar-refractivity contribution in [2.24, 2.45) is 0 Å². The Morgan fingerprint density at radius 2 is 2.44 bits per heavy atom. The number of nitrogens with one attached hydrogen (secondary N) is 2. The van der Waals surface area contributed by atoms with E-state index in [0.717, 1.165) is 16.3 Å². The molecule has 0 amide bonds. The van der Waals surface area contributed by atoms with E-state index in [1.807, 2.05) is 25.1 Å². The number of carbonyl (C=O) groups is 1. The van der Waals surface area contributed by atoms with Crippen LogP contribution in [0.25, 0.3) is 0 Å². The molecule has 98 valence electrons. The first-order valence-corrected chi connectivity index (χ1v) is 6.72. The molecular formula is C12H16N2O3S. The smallest absolute Gasteiger partial charge is 0.304 e. The van der Waals surface area contributed by atoms with Gasteiger partial charge in [0.25, 0.3) is 0 Å². The average molecular weight is 268 g/mol. The molecule has 0 fully saturated rings. The second kappa shape index (κ2) is 5.97. The maximum atomic E-state index is 10.4. The minimum atomic E-state index is -0.790. The van der Waals surface area contributed by atoms with Gasteiger partial charge in [-0.25, -0.2) is 0 Å². The van der Waals surface area contributed by atoms with Gasteiger partial charge >= 0.3 is 5.97 Å². The monoisotopic (exact) mass is 268 g/mol. The highest BCUT2D eigenvalue weighted by Crippen LogP contribution is 2.39. The van der Waals surface area contributed by atoms with Gasteiger partial charge in [0, 0.05) is 11.4 Å². The summed E-state index contributed by atoms with van der Waals surface area (Å²) in [5, 5.41) is 15.0. The van der Waals surface area contributed by atoms with E-state index in [9.17, 15) is 4.79 Å². The molecule has 0 saturated carbocycles. The lowest BCUT2D eigenvalue weighted by molar-refractivity contribution is -0.136. The first-order valence-electron chi connectivity index (χ1n) is 5.84. The van der Waals surface area contributed by atoms with Crippen molar-refractivity contribution in [1.29, 1.82) is 0 Å². The fraction of sp³-hybridized carbons (Fsp3) is 0.417. The number of carboxylic acid groups (broad SMARTS) is 1. The number of aliphatic carboxylic acids is 1. The van der Waals surface area contributed by atoms with Crippen LogP contribution in [-0.2, 0) is 4.79 Å². The first kappa shape index (κ1) is 13.0. The molecule has 1 unspecified atom stereocenters. The SMILES string of the molecule is CCOc1ccc2c(c1)SC(NCCC(=O)O)N2. The minimum absolute atomic E-state index is 0.0243. The van der Waals surface area contributed by atoms with E-state index >= 15 is 0 Å². The number of fused-ring (bicyclic) bond motifs is 1. The van der Waals surface area contributed by atoms with Crippen molar-refractivity contribution in [2.45, 2.75) is 23.7 Å². The summed E-state index contributed by atoms with van der Waals surface area (Å²) in [6, 6.07) is 5.90. The van der Waals surface area contributed by atoms with Gasteiger partial charge in [-0.15, -0.1) is 0 Å². The molecule has 2 rings (SSSR count). The molecule has 0 saturated heterocycles. The lowest BCUT2D eigenvalue weighted by Gasteiger charge is -2.11. The zero-order valence-corrected chi connectivity index (χ0v) is 10.9. The van der Waals surface area contributed by atoms with Crippen LogP contribution in [0, 0.1) is 0 Å². The summed E-state index contributed by atoms with van der Waals surface area (Å²) in [5.41, 5.74) is 1.08. The van der Waals surface area contributed by atoms with Gasteiger partial charge in [0.2, 0.25) is 0 Å². The van der Waals surface area contributed by atoms with Crippen LogP contribution < -0.4 is 15.4 Å². The standard InChI is InChI=1S/C12H16N2O3S/c1-2-17-8-3-4-9-10(7-8)18-12(14-9)13-6-5-11(15)16/h3-4,7,12-14H,2,5-6H2,1H3,(H,15,16). The van der Waals surface area contributed by atoms with Crippen molar-refractivity contribution in [3.8, 4) is 5.75 Å². The van der Waals surface area contributed by atoms with Crippen molar-refractivity contribution in [1.82, 2.24) is 5.32 Å². The van der Waals surface area contributed by atoms with Gasteiger partial charge in [0.1, 0.15) is 11.2 Å². The lowest BCUT2D eigenvalue weighted by Crippen LogP contribution is -2.32. The maximum absolute atomic E-state index is 10.4. The van der Waals surface area contributed by atoms with Crippen molar-refractivity contribution in [3.63, 3.8) is 0 Å². The summed E-state index contributed by atoms with van der Waals surface area (Å²) in [7, 11) is 0. The topological polar surface area (TPSA) is 70.6 Å². The summed E-state index contributed by atoms with van der Waals surface area (Å²) in [5.74, 6) is 0.0679. The Balaban J connectivity index is 1.89. The number of hydrogen-bond donors (Lipinski definition) is 3. The average Bonchev–Trinajstić information content (AvgIpc) is 2.71. The van der Waals surface area contributed by atoms with Crippen molar-refractivity contribution in [3.05, 3.63) is 18.2 Å². The number of ether oxygens (including phenoxy) is 1. The van der Waals surface area contributed by atoms with Crippen LogP contribution in [0.2, 0.25) is 0 Å². The molecule has 0 bridgehead atoms. The van der Waals surface area contributed by atoms with E-state index in [0.29, 0.717) is 13.2 Å². The molecule has 0 aromatic heterocycles. The molecule has 0 spiro atoms.